The highest BCUT2D eigenvalue weighted by atomic mass is 32.1. The molecule has 0 fully saturated rings. The van der Waals surface area contributed by atoms with E-state index in [1.807, 2.05) is 57.3 Å². The predicted molar refractivity (Wildman–Crippen MR) is 122 cm³/mol. The number of nitrogens with one attached hydrogen (secondary N) is 1. The number of fused-ring (bicyclic) bond motifs is 1. The van der Waals surface area contributed by atoms with Crippen molar-refractivity contribution in [2.24, 2.45) is 0 Å². The Hall–Kier alpha value is -3.00. The molecule has 0 unspecified atom stereocenters. The largest absolute Gasteiger partial charge is 0.494 e. The monoisotopic (exact) mass is 443 g/mol. The fourth-order valence-electron chi connectivity index (χ4n) is 3.45. The molecule has 31 heavy (non-hydrogen) atoms. The predicted octanol–water partition coefficient (Wildman–Crippen LogP) is 5.35. The number of carbonyl (C=O) groups excluding carboxylic acids is 2. The molecule has 1 heterocycles. The van der Waals surface area contributed by atoms with Crippen LogP contribution in [0, 0.1) is 6.92 Å². The van der Waals surface area contributed by atoms with Crippen molar-refractivity contribution in [1.29, 1.82) is 0 Å². The Morgan fingerprint density at radius 1 is 1.26 bits per heavy atom. The molecular weight excluding hydrogens is 416 g/mol. The van der Waals surface area contributed by atoms with Gasteiger partial charge in [0.1, 0.15) is 24.3 Å². The van der Waals surface area contributed by atoms with Gasteiger partial charge in [-0.25, -0.2) is 4.79 Å². The first kappa shape index (κ1) is 22.7. The van der Waals surface area contributed by atoms with Crippen LogP contribution in [-0.4, -0.2) is 29.4 Å². The van der Waals surface area contributed by atoms with E-state index in [1.54, 1.807) is 6.07 Å². The molecule has 0 radical (unpaired) electrons. The molecule has 8 heteroatoms. The molecule has 0 saturated heterocycles. The van der Waals surface area contributed by atoms with Crippen LogP contribution in [0.4, 0.5) is 16.2 Å². The van der Waals surface area contributed by atoms with Gasteiger partial charge < -0.3 is 9.47 Å². The number of ketones is 1. The lowest BCUT2D eigenvalue weighted by atomic mass is 9.95. The molecule has 0 aliphatic carbocycles. The number of Topliss-reactive ketones (excluding diaryl/α,β-unsaturated/α-hetero) is 1. The van der Waals surface area contributed by atoms with Crippen LogP contribution in [0.15, 0.2) is 36.4 Å². The number of nitrogens with zero attached hydrogens (tertiary/aromatic N) is 1. The van der Waals surface area contributed by atoms with E-state index in [9.17, 15) is 9.59 Å². The summed E-state index contributed by atoms with van der Waals surface area (Å²) in [5, 5.41) is 2.71. The average molecular weight is 444 g/mol. The summed E-state index contributed by atoms with van der Waals surface area (Å²) in [4.78, 5) is 23.7. The highest BCUT2D eigenvalue weighted by Gasteiger charge is 2.33. The zero-order chi connectivity index (χ0) is 22.6. The van der Waals surface area contributed by atoms with E-state index in [-0.39, 0.29) is 5.78 Å². The van der Waals surface area contributed by atoms with Crippen molar-refractivity contribution < 1.29 is 28.1 Å². The van der Waals surface area contributed by atoms with Gasteiger partial charge in [0.15, 0.2) is 5.78 Å². The van der Waals surface area contributed by atoms with E-state index in [0.29, 0.717) is 42.1 Å². The van der Waals surface area contributed by atoms with Crippen molar-refractivity contribution in [3.05, 3.63) is 53.1 Å². The zero-order valence-electron chi connectivity index (χ0n) is 18.1. The van der Waals surface area contributed by atoms with Gasteiger partial charge in [0.2, 0.25) is 6.21 Å². The van der Waals surface area contributed by atoms with Crippen LogP contribution in [0.5, 0.6) is 5.75 Å². The van der Waals surface area contributed by atoms with Crippen LogP contribution in [0.25, 0.3) is 0 Å². The number of amides is 1. The highest BCUT2D eigenvalue weighted by Crippen LogP contribution is 2.37. The average Bonchev–Trinajstić information content (AvgIpc) is 2.70. The van der Waals surface area contributed by atoms with Crippen LogP contribution in [0.1, 0.15) is 55.1 Å². The highest BCUT2D eigenvalue weighted by molar-refractivity contribution is 7.74. The van der Waals surface area contributed by atoms with Crippen molar-refractivity contribution in [3.63, 3.8) is 0 Å². The number of carbonyl (C=O) groups is 2. The van der Waals surface area contributed by atoms with E-state index in [1.165, 1.54) is 11.7 Å². The molecule has 0 aromatic heterocycles. The van der Waals surface area contributed by atoms with E-state index < -0.39 is 11.7 Å². The van der Waals surface area contributed by atoms with Gasteiger partial charge in [-0.05, 0) is 57.9 Å². The third-order valence-corrected chi connectivity index (χ3v) is 5.17. The third-order valence-electron chi connectivity index (χ3n) is 4.99. The number of hydrogen-bond acceptors (Lipinski definition) is 6. The van der Waals surface area contributed by atoms with Crippen LogP contribution < -0.4 is 10.1 Å². The normalized spacial score (nSPS) is 14.9. The van der Waals surface area contributed by atoms with Crippen molar-refractivity contribution in [3.8, 4) is 5.75 Å². The van der Waals surface area contributed by atoms with Gasteiger partial charge in [0.25, 0.3) is 5.69 Å². The van der Waals surface area contributed by atoms with Crippen molar-refractivity contribution >= 4 is 42.4 Å². The van der Waals surface area contributed by atoms with Crippen molar-refractivity contribution in [2.75, 3.05) is 11.9 Å². The van der Waals surface area contributed by atoms with Crippen LogP contribution >= 0.6 is 12.9 Å². The van der Waals surface area contributed by atoms with E-state index >= 15 is 0 Å². The lowest BCUT2D eigenvalue weighted by Gasteiger charge is -2.32. The minimum Gasteiger partial charge on any atom is -0.494 e. The molecule has 0 bridgehead atoms. The molecule has 0 saturated carbocycles. The quantitative estimate of drug-likeness (QED) is 0.109. The maximum Gasteiger partial charge on any atom is 0.412 e. The van der Waals surface area contributed by atoms with E-state index in [0.717, 1.165) is 11.1 Å². The lowest BCUT2D eigenvalue weighted by Crippen LogP contribution is -2.34. The number of thiol groups is 1. The van der Waals surface area contributed by atoms with E-state index in [4.69, 9.17) is 13.8 Å². The minimum absolute atomic E-state index is 0.0427. The van der Waals surface area contributed by atoms with Gasteiger partial charge in [0, 0.05) is 28.9 Å². The van der Waals surface area contributed by atoms with Crippen molar-refractivity contribution in [2.45, 2.75) is 46.1 Å². The second-order valence-corrected chi connectivity index (χ2v) is 8.05. The van der Waals surface area contributed by atoms with Crippen molar-refractivity contribution in [1.82, 2.24) is 0 Å². The first-order valence-corrected chi connectivity index (χ1v) is 10.4. The summed E-state index contributed by atoms with van der Waals surface area (Å²) < 4.78 is 17.8. The Morgan fingerprint density at radius 3 is 2.74 bits per heavy atom. The maximum absolute atomic E-state index is 12.0. The minimum atomic E-state index is -0.684. The second kappa shape index (κ2) is 9.43. The molecular formula is C23H27N2O5S+. The summed E-state index contributed by atoms with van der Waals surface area (Å²) in [6.45, 7) is 7.63. The Kier molecular flexibility index (Phi) is 6.90. The number of cyclic esters (lactones) is 1. The standard InChI is InChI=1S/C23H26N2O5S/c1-15-7-10-21(18(13-15)16(2)26)25(30-31)11-5-6-12-28-17-8-9-19-20(14-17)24-22(27)29-23(19,3)4/h7-11,13-14H,5-6,12H2,1-4H3,(H-,24,27,31)/p+1. The van der Waals surface area contributed by atoms with Gasteiger partial charge in [-0.1, -0.05) is 6.07 Å². The molecule has 1 amide bonds. The number of ether oxygens (including phenoxy) is 2. The lowest BCUT2D eigenvalue weighted by molar-refractivity contribution is -0.672. The summed E-state index contributed by atoms with van der Waals surface area (Å²) in [5.41, 5.74) is 3.12. The Morgan fingerprint density at radius 2 is 2.03 bits per heavy atom. The zero-order valence-corrected chi connectivity index (χ0v) is 19.0. The number of rotatable bonds is 8. The fourth-order valence-corrected chi connectivity index (χ4v) is 3.60. The van der Waals surface area contributed by atoms with E-state index in [2.05, 4.69) is 18.2 Å². The van der Waals surface area contributed by atoms with Crippen LogP contribution in [-0.2, 0) is 14.6 Å². The molecule has 1 aliphatic rings. The summed E-state index contributed by atoms with van der Waals surface area (Å²) in [7, 11) is 0. The summed E-state index contributed by atoms with van der Waals surface area (Å²) in [5.74, 6) is 0.621. The number of anilines is 1. The molecule has 164 valence electrons. The van der Waals surface area contributed by atoms with Gasteiger partial charge in [-0.2, -0.15) is 4.28 Å². The summed E-state index contributed by atoms with van der Waals surface area (Å²) in [6, 6.07) is 11.1. The third kappa shape index (κ3) is 5.38. The number of unbranched alkanes of at least 4 members (excludes halogenated alkanes) is 1. The SMILES string of the molecule is CC(=O)c1cc(C)ccc1[N+](=CCCCOc1ccc2c(c1)NC(=O)OC2(C)C)OS. The first-order chi connectivity index (χ1) is 14.7. The molecule has 0 atom stereocenters. The van der Waals surface area contributed by atoms with Gasteiger partial charge in [-0.15, -0.1) is 0 Å². The topological polar surface area (TPSA) is 76.9 Å². The van der Waals surface area contributed by atoms with Gasteiger partial charge in [-0.3, -0.25) is 10.1 Å². The molecule has 2 aromatic carbocycles. The first-order valence-electron chi connectivity index (χ1n) is 10.0. The molecule has 7 nitrogen and oxygen atoms in total. The summed E-state index contributed by atoms with van der Waals surface area (Å²) in [6.07, 6.45) is 2.71. The number of hydrogen-bond donors (Lipinski definition) is 2. The molecule has 0 spiro atoms. The Balaban J connectivity index is 1.61. The number of aryl methyl sites for hydroxylation is 1. The smallest absolute Gasteiger partial charge is 0.412 e. The molecule has 1 aliphatic heterocycles. The fraction of sp³-hybridized carbons (Fsp3) is 0.348. The van der Waals surface area contributed by atoms with Crippen LogP contribution in [0.2, 0.25) is 0 Å². The molecule has 2 aromatic rings. The van der Waals surface area contributed by atoms with Gasteiger partial charge >= 0.3 is 6.09 Å². The van der Waals surface area contributed by atoms with Gasteiger partial charge in [0.05, 0.1) is 17.9 Å². The summed E-state index contributed by atoms with van der Waals surface area (Å²) >= 11 is 3.93. The maximum atomic E-state index is 12.0. The van der Waals surface area contributed by atoms with Crippen LogP contribution in [0.3, 0.4) is 0 Å². The second-order valence-electron chi connectivity index (χ2n) is 7.89. The number of benzene rings is 2. The molecule has 3 rings (SSSR count). The molecule has 1 N–H and O–H groups in total. The Bertz CT molecular complexity index is 1030. The Labute approximate surface area is 187 Å².